The minimum atomic E-state index is -0.389. The van der Waals surface area contributed by atoms with Gasteiger partial charge in [-0.3, -0.25) is 20.4 Å². The van der Waals surface area contributed by atoms with Gasteiger partial charge < -0.3 is 9.15 Å². The molecule has 2 amide bonds. The third-order valence-corrected chi connectivity index (χ3v) is 8.35. The highest BCUT2D eigenvalue weighted by Crippen LogP contribution is 2.60. The van der Waals surface area contributed by atoms with Gasteiger partial charge in [-0.1, -0.05) is 12.1 Å². The van der Waals surface area contributed by atoms with Crippen molar-refractivity contribution in [2.24, 2.45) is 23.2 Å². The smallest absolute Gasteiger partial charge is 0.336 e. The van der Waals surface area contributed by atoms with Crippen molar-refractivity contribution in [3.8, 4) is 5.75 Å². The van der Waals surface area contributed by atoms with E-state index in [1.165, 1.54) is 25.3 Å². The Labute approximate surface area is 209 Å². The maximum Gasteiger partial charge on any atom is 0.336 e. The summed E-state index contributed by atoms with van der Waals surface area (Å²) in [5.74, 6) is 2.24. The summed E-state index contributed by atoms with van der Waals surface area (Å²) >= 11 is 0. The molecule has 2 N–H and O–H groups in total. The zero-order valence-electron chi connectivity index (χ0n) is 20.3. The highest BCUT2D eigenvalue weighted by atomic mass is 16.5. The first-order valence-electron chi connectivity index (χ1n) is 12.7. The topological polar surface area (TPSA) is 97.6 Å². The maximum absolute atomic E-state index is 13.1. The summed E-state index contributed by atoms with van der Waals surface area (Å²) in [4.78, 5) is 37.4. The molecule has 0 radical (unpaired) electrons. The van der Waals surface area contributed by atoms with Crippen molar-refractivity contribution in [3.63, 3.8) is 0 Å². The average molecular weight is 487 g/mol. The molecule has 0 atom stereocenters. The van der Waals surface area contributed by atoms with E-state index in [9.17, 15) is 14.4 Å². The van der Waals surface area contributed by atoms with Gasteiger partial charge in [-0.15, -0.1) is 0 Å². The van der Waals surface area contributed by atoms with Gasteiger partial charge in [0.05, 0.1) is 5.41 Å². The van der Waals surface area contributed by atoms with E-state index in [1.54, 1.807) is 18.2 Å². The number of hydrogen-bond acceptors (Lipinski definition) is 5. The second kappa shape index (κ2) is 8.80. The summed E-state index contributed by atoms with van der Waals surface area (Å²) < 4.78 is 11.1. The number of hydrogen-bond donors (Lipinski definition) is 2. The largest absolute Gasteiger partial charge is 0.489 e. The van der Waals surface area contributed by atoms with Crippen molar-refractivity contribution in [1.82, 2.24) is 10.9 Å². The Kier molecular flexibility index (Phi) is 5.58. The first-order chi connectivity index (χ1) is 17.4. The molecule has 7 heteroatoms. The van der Waals surface area contributed by atoms with Crippen LogP contribution in [0.2, 0.25) is 0 Å². The molecule has 0 spiro atoms. The molecule has 4 fully saturated rings. The molecule has 4 bridgehead atoms. The lowest BCUT2D eigenvalue weighted by Gasteiger charge is -2.55. The molecule has 4 aliphatic carbocycles. The molecule has 1 aromatic heterocycles. The summed E-state index contributed by atoms with van der Waals surface area (Å²) in [6, 6.07) is 14.0. The SMILES string of the molecule is Cc1cc(=O)oc2cc(OCc3ccc(C(=O)NNC(=O)C45CC6CC(CC(C6)C4)C5)cc3)ccc12. The van der Waals surface area contributed by atoms with Crippen LogP contribution in [-0.4, -0.2) is 11.8 Å². The molecular formula is C29H30N2O5. The summed E-state index contributed by atoms with van der Waals surface area (Å²) in [6.45, 7) is 2.16. The standard InChI is InChI=1S/C29H30N2O5/c1-17-8-26(32)36-25-12-23(6-7-24(17)25)35-16-18-2-4-22(5-3-18)27(33)30-31-28(34)29-13-19-9-20(14-29)11-21(10-19)15-29/h2-8,12,19-21H,9-11,13-16H2,1H3,(H,30,33)(H,31,34). The van der Waals surface area contributed by atoms with E-state index in [1.807, 2.05) is 31.2 Å². The predicted molar refractivity (Wildman–Crippen MR) is 134 cm³/mol. The van der Waals surface area contributed by atoms with Gasteiger partial charge in [0.1, 0.15) is 17.9 Å². The molecular weight excluding hydrogens is 456 g/mol. The molecule has 2 aromatic carbocycles. The van der Waals surface area contributed by atoms with Gasteiger partial charge in [0.2, 0.25) is 5.91 Å². The highest BCUT2D eigenvalue weighted by Gasteiger charge is 2.54. The molecule has 0 saturated heterocycles. The zero-order valence-corrected chi connectivity index (χ0v) is 20.3. The summed E-state index contributed by atoms with van der Waals surface area (Å²) in [6.07, 6.45) is 6.68. The molecule has 186 valence electrons. The second-order valence-electron chi connectivity index (χ2n) is 11.0. The molecule has 7 nitrogen and oxygen atoms in total. The number of benzene rings is 2. The van der Waals surface area contributed by atoms with Crippen molar-refractivity contribution < 1.29 is 18.7 Å². The fourth-order valence-corrected chi connectivity index (χ4v) is 7.02. The normalized spacial score (nSPS) is 26.1. The Morgan fingerprint density at radius 3 is 2.28 bits per heavy atom. The Morgan fingerprint density at radius 1 is 0.944 bits per heavy atom. The van der Waals surface area contributed by atoms with E-state index in [2.05, 4.69) is 10.9 Å². The third-order valence-electron chi connectivity index (χ3n) is 8.35. The summed E-state index contributed by atoms with van der Waals surface area (Å²) in [5.41, 5.74) is 7.35. The Bertz CT molecular complexity index is 1360. The predicted octanol–water partition coefficient (Wildman–Crippen LogP) is 4.66. The monoisotopic (exact) mass is 486 g/mol. The van der Waals surface area contributed by atoms with Crippen molar-refractivity contribution in [2.45, 2.75) is 52.1 Å². The van der Waals surface area contributed by atoms with Crippen LogP contribution in [0.25, 0.3) is 11.0 Å². The number of fused-ring (bicyclic) bond motifs is 1. The van der Waals surface area contributed by atoms with Crippen molar-refractivity contribution >= 4 is 22.8 Å². The minimum Gasteiger partial charge on any atom is -0.489 e. The Balaban J connectivity index is 1.04. The van der Waals surface area contributed by atoms with Crippen LogP contribution in [0, 0.1) is 30.1 Å². The first kappa shape index (κ1) is 22.8. The van der Waals surface area contributed by atoms with E-state index in [0.717, 1.165) is 35.8 Å². The molecule has 3 aromatic rings. The molecule has 4 aliphatic rings. The Morgan fingerprint density at radius 2 is 1.61 bits per heavy atom. The Hall–Kier alpha value is -3.61. The number of ether oxygens (including phenoxy) is 1. The van der Waals surface area contributed by atoms with E-state index >= 15 is 0 Å². The fraction of sp³-hybridized carbons (Fsp3) is 0.414. The van der Waals surface area contributed by atoms with Gasteiger partial charge in [-0.05, 0) is 98.6 Å². The van der Waals surface area contributed by atoms with Crippen molar-refractivity contribution in [1.29, 1.82) is 0 Å². The summed E-state index contributed by atoms with van der Waals surface area (Å²) in [5, 5.41) is 0.868. The van der Waals surface area contributed by atoms with Crippen molar-refractivity contribution in [2.75, 3.05) is 0 Å². The lowest BCUT2D eigenvalue weighted by molar-refractivity contribution is -0.147. The van der Waals surface area contributed by atoms with Crippen LogP contribution in [0.1, 0.15) is 60.0 Å². The molecule has 7 rings (SSSR count). The van der Waals surface area contributed by atoms with Crippen LogP contribution >= 0.6 is 0 Å². The number of amides is 2. The van der Waals surface area contributed by atoms with Gasteiger partial charge in [-0.25, -0.2) is 4.79 Å². The number of aryl methyl sites for hydroxylation is 1. The second-order valence-corrected chi connectivity index (χ2v) is 11.0. The zero-order chi connectivity index (χ0) is 24.9. The van der Waals surface area contributed by atoms with E-state index in [0.29, 0.717) is 41.3 Å². The van der Waals surface area contributed by atoms with Gasteiger partial charge in [-0.2, -0.15) is 0 Å². The lowest BCUT2D eigenvalue weighted by Crippen LogP contribution is -2.56. The van der Waals surface area contributed by atoms with Gasteiger partial charge >= 0.3 is 5.63 Å². The number of hydrazine groups is 1. The first-order valence-corrected chi connectivity index (χ1v) is 12.7. The molecule has 1 heterocycles. The van der Waals surface area contributed by atoms with Gasteiger partial charge in [0.15, 0.2) is 0 Å². The van der Waals surface area contributed by atoms with Crippen LogP contribution in [0.3, 0.4) is 0 Å². The molecule has 0 aliphatic heterocycles. The van der Waals surface area contributed by atoms with Crippen LogP contribution in [-0.2, 0) is 11.4 Å². The number of rotatable bonds is 5. The number of carbonyl (C=O) groups excluding carboxylic acids is 2. The molecule has 36 heavy (non-hydrogen) atoms. The van der Waals surface area contributed by atoms with Crippen LogP contribution in [0.4, 0.5) is 0 Å². The van der Waals surface area contributed by atoms with Crippen molar-refractivity contribution in [3.05, 3.63) is 75.6 Å². The third kappa shape index (κ3) is 4.27. The molecule has 0 unspecified atom stereocenters. The number of carbonyl (C=O) groups is 2. The highest BCUT2D eigenvalue weighted by molar-refractivity contribution is 5.96. The van der Waals surface area contributed by atoms with E-state index in [4.69, 9.17) is 9.15 Å². The fourth-order valence-electron chi connectivity index (χ4n) is 7.02. The molecule has 4 saturated carbocycles. The lowest BCUT2D eigenvalue weighted by atomic mass is 9.49. The van der Waals surface area contributed by atoms with Gasteiger partial charge in [0, 0.05) is 23.1 Å². The minimum absolute atomic E-state index is 0.0265. The number of nitrogens with one attached hydrogen (secondary N) is 2. The van der Waals surface area contributed by atoms with Crippen LogP contribution < -0.4 is 21.2 Å². The quantitative estimate of drug-likeness (QED) is 0.404. The van der Waals surface area contributed by atoms with E-state index in [-0.39, 0.29) is 22.9 Å². The summed E-state index contributed by atoms with van der Waals surface area (Å²) in [7, 11) is 0. The average Bonchev–Trinajstić information content (AvgIpc) is 2.85. The van der Waals surface area contributed by atoms with Crippen LogP contribution in [0.15, 0.2) is 57.7 Å². The maximum atomic E-state index is 13.1. The van der Waals surface area contributed by atoms with E-state index < -0.39 is 0 Å². The van der Waals surface area contributed by atoms with Crippen LogP contribution in [0.5, 0.6) is 5.75 Å². The van der Waals surface area contributed by atoms with Gasteiger partial charge in [0.25, 0.3) is 5.91 Å².